The number of nitrogens with zero attached hydrogens (tertiary/aromatic N) is 5. The van der Waals surface area contributed by atoms with Gasteiger partial charge in [-0.25, -0.2) is 4.98 Å². The minimum atomic E-state index is -0.334. The van der Waals surface area contributed by atoms with Crippen LogP contribution >= 0.6 is 11.6 Å². The van der Waals surface area contributed by atoms with Crippen LogP contribution in [0.15, 0.2) is 79.3 Å². The molecular formula is C26H25ClN6O2. The Bertz CT molecular complexity index is 1400. The van der Waals surface area contributed by atoms with Gasteiger partial charge in [0.15, 0.2) is 0 Å². The highest BCUT2D eigenvalue weighted by Crippen LogP contribution is 2.31. The molecule has 1 aliphatic heterocycles. The minimum Gasteiger partial charge on any atom is -0.306 e. The van der Waals surface area contributed by atoms with Gasteiger partial charge < -0.3 is 4.90 Å². The van der Waals surface area contributed by atoms with E-state index < -0.39 is 0 Å². The number of para-hydroxylation sites is 1. The lowest BCUT2D eigenvalue weighted by atomic mass is 10.2. The summed E-state index contributed by atoms with van der Waals surface area (Å²) in [6.07, 6.45) is 13.7. The fourth-order valence-corrected chi connectivity index (χ4v) is 3.78. The summed E-state index contributed by atoms with van der Waals surface area (Å²) in [5.41, 5.74) is 3.00. The van der Waals surface area contributed by atoms with Gasteiger partial charge in [0, 0.05) is 42.5 Å². The number of hydrogen-bond acceptors (Lipinski definition) is 5. The molecule has 9 heteroatoms. The highest BCUT2D eigenvalue weighted by molar-refractivity contribution is 6.35. The molecule has 0 fully saturated rings. The second-order valence-corrected chi connectivity index (χ2v) is 8.59. The third-order valence-electron chi connectivity index (χ3n) is 5.15. The number of aryl methyl sites for hydroxylation is 1. The number of rotatable bonds is 6. The van der Waals surface area contributed by atoms with Crippen molar-refractivity contribution in [3.05, 3.63) is 95.6 Å². The Balaban J connectivity index is 1.76. The van der Waals surface area contributed by atoms with Gasteiger partial charge in [0.2, 0.25) is 5.95 Å². The van der Waals surface area contributed by atoms with Crippen molar-refractivity contribution in [3.8, 4) is 0 Å². The van der Waals surface area contributed by atoms with E-state index >= 15 is 0 Å². The van der Waals surface area contributed by atoms with E-state index in [4.69, 9.17) is 11.6 Å². The second-order valence-electron chi connectivity index (χ2n) is 8.18. The molecule has 1 N–H and O–H groups in total. The van der Waals surface area contributed by atoms with Crippen LogP contribution in [0.2, 0.25) is 5.02 Å². The fourth-order valence-electron chi connectivity index (χ4n) is 3.53. The summed E-state index contributed by atoms with van der Waals surface area (Å²) in [7, 11) is 3.86. The summed E-state index contributed by atoms with van der Waals surface area (Å²) >= 11 is 6.56. The summed E-state index contributed by atoms with van der Waals surface area (Å²) in [6, 6.07) is 8.70. The summed E-state index contributed by atoms with van der Waals surface area (Å²) in [6.45, 7) is 2.46. The Hall–Kier alpha value is -4.01. The lowest BCUT2D eigenvalue weighted by Crippen LogP contribution is -2.20. The first-order chi connectivity index (χ1) is 16.8. The molecule has 3 heterocycles. The molecule has 178 valence electrons. The van der Waals surface area contributed by atoms with E-state index in [-0.39, 0.29) is 17.8 Å². The molecule has 0 unspecified atom stereocenters. The van der Waals surface area contributed by atoms with Crippen molar-refractivity contribution >= 4 is 46.1 Å². The lowest BCUT2D eigenvalue weighted by Gasteiger charge is -2.16. The smallest absolute Gasteiger partial charge is 0.258 e. The van der Waals surface area contributed by atoms with E-state index in [1.807, 2.05) is 44.1 Å². The van der Waals surface area contributed by atoms with Crippen LogP contribution in [-0.2, 0) is 4.79 Å². The Labute approximate surface area is 208 Å². The Kier molecular flexibility index (Phi) is 7.24. The van der Waals surface area contributed by atoms with Gasteiger partial charge in [0.1, 0.15) is 0 Å². The number of carbonyl (C=O) groups is 2. The average molecular weight is 489 g/mol. The van der Waals surface area contributed by atoms with E-state index in [1.54, 1.807) is 59.6 Å². The third kappa shape index (κ3) is 5.56. The van der Waals surface area contributed by atoms with E-state index in [1.165, 1.54) is 11.0 Å². The monoisotopic (exact) mass is 488 g/mol. The fraction of sp³-hybridized carbons (Fsp3) is 0.154. The molecule has 35 heavy (non-hydrogen) atoms. The highest BCUT2D eigenvalue weighted by Gasteiger charge is 2.20. The number of amides is 2. The first kappa shape index (κ1) is 24.1. The van der Waals surface area contributed by atoms with Crippen LogP contribution in [0.5, 0.6) is 0 Å². The van der Waals surface area contributed by atoms with Gasteiger partial charge in [-0.3, -0.25) is 29.4 Å². The standard InChI is InChI=1S/C26H25ClN6O2/c1-18-16-19(12-13-28-18)25(35)30-26-29-22-10-6-9-21(27)24(22)33(26)20-8-4-5-15-32(17-20)23(34)11-7-14-31(2)3/h4-13,15-17H,14H2,1-3H3,(H,29,30,35). The minimum absolute atomic E-state index is 0.210. The molecule has 4 rings (SSSR count). The van der Waals surface area contributed by atoms with Gasteiger partial charge in [-0.1, -0.05) is 29.8 Å². The molecule has 0 spiro atoms. The zero-order valence-corrected chi connectivity index (χ0v) is 20.4. The number of imidazole rings is 1. The maximum atomic E-state index is 13.0. The van der Waals surface area contributed by atoms with Crippen LogP contribution in [0.1, 0.15) is 16.1 Å². The van der Waals surface area contributed by atoms with E-state index in [0.717, 1.165) is 5.69 Å². The number of halogens is 1. The lowest BCUT2D eigenvalue weighted by molar-refractivity contribution is -0.121. The van der Waals surface area contributed by atoms with E-state index in [2.05, 4.69) is 15.3 Å². The van der Waals surface area contributed by atoms with Crippen molar-refractivity contribution in [2.24, 2.45) is 0 Å². The van der Waals surface area contributed by atoms with Crippen LogP contribution in [0.3, 0.4) is 0 Å². The summed E-state index contributed by atoms with van der Waals surface area (Å²) < 4.78 is 1.73. The zero-order valence-electron chi connectivity index (χ0n) is 19.6. The zero-order chi connectivity index (χ0) is 24.9. The number of fused-ring (bicyclic) bond motifs is 1. The maximum absolute atomic E-state index is 13.0. The molecule has 0 radical (unpaired) electrons. The number of aromatic nitrogens is 3. The average Bonchev–Trinajstić information content (AvgIpc) is 3.01. The van der Waals surface area contributed by atoms with Crippen molar-refractivity contribution in [3.63, 3.8) is 0 Å². The molecule has 8 nitrogen and oxygen atoms in total. The van der Waals surface area contributed by atoms with Gasteiger partial charge in [-0.15, -0.1) is 0 Å². The molecule has 1 aromatic carbocycles. The van der Waals surface area contributed by atoms with Crippen LogP contribution in [0.4, 0.5) is 5.95 Å². The Morgan fingerprint density at radius 2 is 2.03 bits per heavy atom. The number of pyridine rings is 1. The topological polar surface area (TPSA) is 83.4 Å². The van der Waals surface area contributed by atoms with E-state index in [0.29, 0.717) is 33.9 Å². The molecule has 1 aliphatic rings. The Morgan fingerprint density at radius 3 is 2.80 bits per heavy atom. The van der Waals surface area contributed by atoms with Gasteiger partial charge in [-0.05, 0) is 57.4 Å². The molecule has 3 aromatic rings. The number of carbonyl (C=O) groups excluding carboxylic acids is 2. The Morgan fingerprint density at radius 1 is 1.20 bits per heavy atom. The van der Waals surface area contributed by atoms with Crippen molar-refractivity contribution in [1.29, 1.82) is 0 Å². The van der Waals surface area contributed by atoms with Crippen LogP contribution < -0.4 is 5.32 Å². The number of allylic oxidation sites excluding steroid dienone is 4. The largest absolute Gasteiger partial charge is 0.306 e. The molecule has 0 saturated carbocycles. The second kappa shape index (κ2) is 10.5. The molecule has 0 saturated heterocycles. The van der Waals surface area contributed by atoms with Crippen molar-refractivity contribution < 1.29 is 9.59 Å². The van der Waals surface area contributed by atoms with Gasteiger partial charge >= 0.3 is 0 Å². The van der Waals surface area contributed by atoms with Crippen LogP contribution in [-0.4, -0.2) is 56.8 Å². The maximum Gasteiger partial charge on any atom is 0.258 e. The summed E-state index contributed by atoms with van der Waals surface area (Å²) in [5, 5.41) is 3.35. The van der Waals surface area contributed by atoms with Crippen LogP contribution in [0.25, 0.3) is 16.7 Å². The SMILES string of the molecule is Cc1cc(C(=O)Nc2nc3cccc(Cl)c3n2C2=CN(C(=O)C=CCN(C)C)C=CC=C2)ccn1. The third-order valence-corrected chi connectivity index (χ3v) is 5.46. The normalized spacial score (nSPS) is 13.5. The van der Waals surface area contributed by atoms with Gasteiger partial charge in [0.25, 0.3) is 11.8 Å². The summed E-state index contributed by atoms with van der Waals surface area (Å²) in [4.78, 5) is 38.1. The number of likely N-dealkylation sites (N-methyl/N-ethyl adjacent to an activating group) is 1. The number of nitrogens with one attached hydrogen (secondary N) is 1. The van der Waals surface area contributed by atoms with Crippen molar-refractivity contribution in [2.45, 2.75) is 6.92 Å². The molecule has 0 aliphatic carbocycles. The molecule has 2 aromatic heterocycles. The molecule has 0 bridgehead atoms. The summed E-state index contributed by atoms with van der Waals surface area (Å²) in [5.74, 6) is -0.266. The first-order valence-electron chi connectivity index (χ1n) is 10.9. The van der Waals surface area contributed by atoms with Crippen molar-refractivity contribution in [1.82, 2.24) is 24.3 Å². The number of benzene rings is 1. The predicted molar refractivity (Wildman–Crippen MR) is 139 cm³/mol. The highest BCUT2D eigenvalue weighted by atomic mass is 35.5. The van der Waals surface area contributed by atoms with E-state index in [9.17, 15) is 9.59 Å². The van der Waals surface area contributed by atoms with Gasteiger partial charge in [0.05, 0.1) is 21.8 Å². The van der Waals surface area contributed by atoms with Crippen molar-refractivity contribution in [2.75, 3.05) is 26.0 Å². The van der Waals surface area contributed by atoms with Crippen LogP contribution in [0, 0.1) is 6.92 Å². The first-order valence-corrected chi connectivity index (χ1v) is 11.3. The molecule has 0 atom stereocenters. The number of hydrogen-bond donors (Lipinski definition) is 1. The predicted octanol–water partition coefficient (Wildman–Crippen LogP) is 4.47. The van der Waals surface area contributed by atoms with Gasteiger partial charge in [-0.2, -0.15) is 0 Å². The quantitative estimate of drug-likeness (QED) is 0.517. The number of anilines is 1. The molecular weight excluding hydrogens is 464 g/mol. The molecule has 2 amide bonds.